The van der Waals surface area contributed by atoms with Crippen molar-refractivity contribution in [2.24, 2.45) is 0 Å². The van der Waals surface area contributed by atoms with Crippen LogP contribution in [0.3, 0.4) is 0 Å². The van der Waals surface area contributed by atoms with Gasteiger partial charge in [-0.3, -0.25) is 0 Å². The van der Waals surface area contributed by atoms with Crippen LogP contribution in [0.4, 0.5) is 4.39 Å². The lowest BCUT2D eigenvalue weighted by Gasteiger charge is -2.18. The first-order valence-corrected chi connectivity index (χ1v) is 7.10. The van der Waals surface area contributed by atoms with Gasteiger partial charge in [0.1, 0.15) is 5.82 Å². The zero-order chi connectivity index (χ0) is 12.5. The van der Waals surface area contributed by atoms with Gasteiger partial charge in [0.15, 0.2) is 9.84 Å². The molecular weight excluding hydrogens is 241 g/mol. The smallest absolute Gasteiger partial charge is 0.173 e. The predicted molar refractivity (Wildman–Crippen MR) is 64.7 cm³/mol. The van der Waals surface area contributed by atoms with Crippen LogP contribution in [0.15, 0.2) is 35.7 Å². The number of nitrogens with one attached hydrogen (secondary N) is 1. The highest BCUT2D eigenvalue weighted by Gasteiger charge is 2.23. The van der Waals surface area contributed by atoms with Gasteiger partial charge in [-0.25, -0.2) is 12.8 Å². The average molecular weight is 255 g/mol. The molecule has 0 aromatic heterocycles. The number of halogens is 1. The van der Waals surface area contributed by atoms with Crippen molar-refractivity contribution in [2.45, 2.75) is 19.0 Å². The highest BCUT2D eigenvalue weighted by atomic mass is 32.2. The molecule has 0 aliphatic carbocycles. The minimum absolute atomic E-state index is 0.0760. The lowest BCUT2D eigenvalue weighted by atomic mass is 10.1. The topological polar surface area (TPSA) is 46.2 Å². The maximum Gasteiger partial charge on any atom is 0.173 e. The van der Waals surface area contributed by atoms with Crippen molar-refractivity contribution < 1.29 is 12.8 Å². The number of hydrogen-bond acceptors (Lipinski definition) is 3. The third-order valence-corrected chi connectivity index (χ3v) is 4.14. The highest BCUT2D eigenvalue weighted by molar-refractivity contribution is 7.94. The largest absolute Gasteiger partial charge is 0.303 e. The lowest BCUT2D eigenvalue weighted by Crippen LogP contribution is -2.32. The van der Waals surface area contributed by atoms with E-state index in [1.165, 1.54) is 17.5 Å². The Balaban J connectivity index is 2.03. The second kappa shape index (κ2) is 4.58. The van der Waals surface area contributed by atoms with Crippen LogP contribution in [0.1, 0.15) is 18.5 Å². The fourth-order valence-corrected chi connectivity index (χ4v) is 3.12. The summed E-state index contributed by atoms with van der Waals surface area (Å²) in [5.41, 5.74) is 0.808. The Labute approximate surface area is 100 Å². The summed E-state index contributed by atoms with van der Waals surface area (Å²) in [6.45, 7) is 1.88. The normalized spacial score (nSPS) is 23.8. The summed E-state index contributed by atoms with van der Waals surface area (Å²) in [6, 6.07) is 6.01. The first-order chi connectivity index (χ1) is 7.96. The van der Waals surface area contributed by atoms with Crippen molar-refractivity contribution in [3.05, 3.63) is 47.1 Å². The minimum Gasteiger partial charge on any atom is -0.303 e. The van der Waals surface area contributed by atoms with E-state index in [0.717, 1.165) is 5.56 Å². The summed E-state index contributed by atoms with van der Waals surface area (Å²) in [5, 5.41) is 4.37. The van der Waals surface area contributed by atoms with Crippen molar-refractivity contribution in [1.29, 1.82) is 0 Å². The summed E-state index contributed by atoms with van der Waals surface area (Å²) in [4.78, 5) is 0. The lowest BCUT2D eigenvalue weighted by molar-refractivity contribution is 0.530. The van der Waals surface area contributed by atoms with Gasteiger partial charge < -0.3 is 5.32 Å². The molecule has 1 aliphatic heterocycles. The minimum atomic E-state index is -3.05. The quantitative estimate of drug-likeness (QED) is 0.895. The van der Waals surface area contributed by atoms with Crippen LogP contribution in [0.25, 0.3) is 0 Å². The Morgan fingerprint density at radius 3 is 2.82 bits per heavy atom. The SMILES string of the molecule is CC(NC1C=CS(=O)(=O)C1)c1cccc(F)c1. The number of benzene rings is 1. The standard InChI is InChI=1S/C12H14FNO2S/c1-9(10-3-2-4-11(13)7-10)14-12-5-6-17(15,16)8-12/h2-7,9,12,14H,8H2,1H3. The molecule has 0 saturated carbocycles. The highest BCUT2D eigenvalue weighted by Crippen LogP contribution is 2.17. The third kappa shape index (κ3) is 3.14. The van der Waals surface area contributed by atoms with E-state index in [1.807, 2.05) is 13.0 Å². The predicted octanol–water partition coefficient (Wildman–Crippen LogP) is 1.79. The molecule has 3 nitrogen and oxygen atoms in total. The molecule has 1 N–H and O–H groups in total. The van der Waals surface area contributed by atoms with Crippen molar-refractivity contribution in [1.82, 2.24) is 5.32 Å². The molecule has 92 valence electrons. The van der Waals surface area contributed by atoms with Crippen LogP contribution < -0.4 is 5.32 Å². The number of sulfone groups is 1. The Hall–Kier alpha value is -1.20. The second-order valence-corrected chi connectivity index (χ2v) is 6.14. The Morgan fingerprint density at radius 2 is 2.24 bits per heavy atom. The van der Waals surface area contributed by atoms with Crippen LogP contribution in [-0.2, 0) is 9.84 Å². The summed E-state index contributed by atoms with van der Waals surface area (Å²) < 4.78 is 35.5. The molecule has 0 fully saturated rings. The summed E-state index contributed by atoms with van der Waals surface area (Å²) in [7, 11) is -3.05. The molecule has 5 heteroatoms. The van der Waals surface area contributed by atoms with Crippen LogP contribution in [-0.4, -0.2) is 20.2 Å². The molecule has 0 bridgehead atoms. The van der Waals surface area contributed by atoms with Gasteiger partial charge in [0.2, 0.25) is 0 Å². The van der Waals surface area contributed by atoms with Gasteiger partial charge in [0.25, 0.3) is 0 Å². The van der Waals surface area contributed by atoms with E-state index in [0.29, 0.717) is 0 Å². The molecule has 0 amide bonds. The van der Waals surface area contributed by atoms with E-state index in [1.54, 1.807) is 12.1 Å². The van der Waals surface area contributed by atoms with Crippen LogP contribution in [0.2, 0.25) is 0 Å². The van der Waals surface area contributed by atoms with Crippen molar-refractivity contribution in [2.75, 3.05) is 5.75 Å². The monoisotopic (exact) mass is 255 g/mol. The number of rotatable bonds is 3. The van der Waals surface area contributed by atoms with Crippen LogP contribution >= 0.6 is 0 Å². The van der Waals surface area contributed by atoms with E-state index in [4.69, 9.17) is 0 Å². The van der Waals surface area contributed by atoms with Gasteiger partial charge in [0.05, 0.1) is 5.75 Å². The molecule has 1 aliphatic rings. The fraction of sp³-hybridized carbons (Fsp3) is 0.333. The molecule has 1 aromatic rings. The molecule has 1 aromatic carbocycles. The van der Waals surface area contributed by atoms with Crippen molar-refractivity contribution >= 4 is 9.84 Å². The van der Waals surface area contributed by atoms with Gasteiger partial charge in [0, 0.05) is 17.5 Å². The van der Waals surface area contributed by atoms with Crippen LogP contribution in [0, 0.1) is 5.82 Å². The third-order valence-electron chi connectivity index (χ3n) is 2.74. The zero-order valence-electron chi connectivity index (χ0n) is 9.43. The van der Waals surface area contributed by atoms with E-state index < -0.39 is 9.84 Å². The summed E-state index contributed by atoms with van der Waals surface area (Å²) in [5.74, 6) is -0.210. The maximum absolute atomic E-state index is 13.0. The van der Waals surface area contributed by atoms with E-state index >= 15 is 0 Å². The first-order valence-electron chi connectivity index (χ1n) is 5.39. The van der Waals surface area contributed by atoms with Gasteiger partial charge in [-0.1, -0.05) is 18.2 Å². The van der Waals surface area contributed by atoms with Gasteiger partial charge >= 0.3 is 0 Å². The van der Waals surface area contributed by atoms with Gasteiger partial charge in [-0.15, -0.1) is 0 Å². The average Bonchev–Trinajstić information content (AvgIpc) is 2.58. The van der Waals surface area contributed by atoms with Gasteiger partial charge in [-0.05, 0) is 24.6 Å². The fourth-order valence-electron chi connectivity index (χ4n) is 1.87. The molecular formula is C12H14FNO2S. The molecule has 17 heavy (non-hydrogen) atoms. The Morgan fingerprint density at radius 1 is 1.47 bits per heavy atom. The van der Waals surface area contributed by atoms with Crippen molar-refractivity contribution in [3.63, 3.8) is 0 Å². The molecule has 0 saturated heterocycles. The van der Waals surface area contributed by atoms with E-state index in [2.05, 4.69) is 5.32 Å². The molecule has 0 radical (unpaired) electrons. The van der Waals surface area contributed by atoms with E-state index in [-0.39, 0.29) is 23.7 Å². The molecule has 2 atom stereocenters. The van der Waals surface area contributed by atoms with Crippen LogP contribution in [0.5, 0.6) is 0 Å². The molecule has 2 rings (SSSR count). The number of hydrogen-bond donors (Lipinski definition) is 1. The van der Waals surface area contributed by atoms with Crippen molar-refractivity contribution in [3.8, 4) is 0 Å². The second-order valence-electron chi connectivity index (χ2n) is 4.21. The Kier molecular flexibility index (Phi) is 3.31. The van der Waals surface area contributed by atoms with Gasteiger partial charge in [-0.2, -0.15) is 0 Å². The molecule has 0 spiro atoms. The first kappa shape index (κ1) is 12.3. The zero-order valence-corrected chi connectivity index (χ0v) is 10.2. The molecule has 1 heterocycles. The van der Waals surface area contributed by atoms with E-state index in [9.17, 15) is 12.8 Å². The maximum atomic E-state index is 13.0. The molecule has 2 unspecified atom stereocenters. The summed E-state index contributed by atoms with van der Waals surface area (Å²) >= 11 is 0. The summed E-state index contributed by atoms with van der Waals surface area (Å²) in [6.07, 6.45) is 1.63. The Bertz CT molecular complexity index is 539.